The van der Waals surface area contributed by atoms with Crippen LogP contribution < -0.4 is 15.4 Å². The summed E-state index contributed by atoms with van der Waals surface area (Å²) in [7, 11) is 1.86. The zero-order chi connectivity index (χ0) is 29.9. The lowest BCUT2D eigenvalue weighted by Crippen LogP contribution is -2.51. The number of carbonyl (C=O) groups excluding carboxylic acids is 2. The molecule has 3 heterocycles. The number of fused-ring (bicyclic) bond motifs is 1. The minimum absolute atomic E-state index is 0.0164. The molecule has 0 bridgehead atoms. The summed E-state index contributed by atoms with van der Waals surface area (Å²) in [6.07, 6.45) is 2.27. The van der Waals surface area contributed by atoms with Gasteiger partial charge in [-0.2, -0.15) is 0 Å². The first-order chi connectivity index (χ1) is 20.8. The van der Waals surface area contributed by atoms with Gasteiger partial charge in [-0.1, -0.05) is 53.7 Å². The van der Waals surface area contributed by atoms with Crippen molar-refractivity contribution in [1.29, 1.82) is 0 Å². The van der Waals surface area contributed by atoms with E-state index in [0.29, 0.717) is 19.5 Å². The zero-order valence-corrected chi connectivity index (χ0v) is 25.1. The van der Waals surface area contributed by atoms with Crippen LogP contribution in [0.2, 0.25) is 0 Å². The van der Waals surface area contributed by atoms with Crippen molar-refractivity contribution in [3.63, 3.8) is 0 Å². The van der Waals surface area contributed by atoms with Crippen LogP contribution in [0.15, 0.2) is 72.8 Å². The molecule has 2 N–H and O–H groups in total. The fourth-order valence-corrected chi connectivity index (χ4v) is 6.48. The maximum atomic E-state index is 14.0. The molecule has 2 aliphatic rings. The van der Waals surface area contributed by atoms with E-state index in [2.05, 4.69) is 45.2 Å². The second-order valence-corrected chi connectivity index (χ2v) is 12.2. The molecule has 2 saturated heterocycles. The molecule has 3 aromatic carbocycles. The third-order valence-electron chi connectivity index (χ3n) is 8.63. The van der Waals surface area contributed by atoms with Crippen molar-refractivity contribution in [2.75, 3.05) is 13.1 Å². The summed E-state index contributed by atoms with van der Waals surface area (Å²) in [5.41, 5.74) is 5.09. The standard InChI is InChI=1S/C34H40N6O3/c1-22(2)43-28-12-9-23(10-13-28)15-25-17-32(33(41)36-19-24-11-14-31-29(16-24)37-38-39(31)3)40(21-25)34(42)30-18-27(20-35-30)26-7-5-4-6-8-26/h4-14,16,22,25,27,30,32,35H,15,17-21H2,1-3H3,(H,36,41). The van der Waals surface area contributed by atoms with Gasteiger partial charge < -0.3 is 20.3 Å². The monoisotopic (exact) mass is 580 g/mol. The van der Waals surface area contributed by atoms with E-state index in [1.807, 2.05) is 74.3 Å². The van der Waals surface area contributed by atoms with Crippen molar-refractivity contribution < 1.29 is 14.3 Å². The third-order valence-corrected chi connectivity index (χ3v) is 8.63. The van der Waals surface area contributed by atoms with Gasteiger partial charge in [0.25, 0.3) is 0 Å². The van der Waals surface area contributed by atoms with E-state index < -0.39 is 6.04 Å². The lowest BCUT2D eigenvalue weighted by atomic mass is 9.96. The fourth-order valence-electron chi connectivity index (χ4n) is 6.48. The highest BCUT2D eigenvalue weighted by Gasteiger charge is 2.43. The molecular formula is C34H40N6O3. The van der Waals surface area contributed by atoms with E-state index in [-0.39, 0.29) is 35.8 Å². The number of hydrogen-bond donors (Lipinski definition) is 2. The highest BCUT2D eigenvalue weighted by Crippen LogP contribution is 2.32. The summed E-state index contributed by atoms with van der Waals surface area (Å²) in [4.78, 5) is 29.5. The topological polar surface area (TPSA) is 101 Å². The van der Waals surface area contributed by atoms with Crippen molar-refractivity contribution in [1.82, 2.24) is 30.5 Å². The minimum Gasteiger partial charge on any atom is -0.491 e. The van der Waals surface area contributed by atoms with Crippen LogP contribution >= 0.6 is 0 Å². The summed E-state index contributed by atoms with van der Waals surface area (Å²) in [6.45, 7) is 5.70. The molecule has 2 aliphatic heterocycles. The average molecular weight is 581 g/mol. The Labute approximate surface area is 252 Å². The normalized spacial score (nSPS) is 21.9. The molecule has 9 nitrogen and oxygen atoms in total. The van der Waals surface area contributed by atoms with Crippen LogP contribution in [0.25, 0.3) is 11.0 Å². The number of amides is 2. The van der Waals surface area contributed by atoms with Crippen LogP contribution in [0.5, 0.6) is 5.75 Å². The second kappa shape index (κ2) is 12.6. The molecule has 43 heavy (non-hydrogen) atoms. The highest BCUT2D eigenvalue weighted by molar-refractivity contribution is 5.90. The van der Waals surface area contributed by atoms with Gasteiger partial charge in [0.05, 0.1) is 17.7 Å². The summed E-state index contributed by atoms with van der Waals surface area (Å²) in [5, 5.41) is 14.8. The number of aryl methyl sites for hydroxylation is 1. The SMILES string of the molecule is CC(C)Oc1ccc(CC2CC(C(=O)NCc3ccc4c(c3)nnn4C)N(C(=O)C3CC(c4ccccc4)CN3)C2)cc1. The van der Waals surface area contributed by atoms with Crippen molar-refractivity contribution in [3.8, 4) is 5.75 Å². The molecule has 0 radical (unpaired) electrons. The molecule has 4 atom stereocenters. The van der Waals surface area contributed by atoms with Gasteiger partial charge in [0.1, 0.15) is 17.3 Å². The molecule has 0 spiro atoms. The minimum atomic E-state index is -0.515. The summed E-state index contributed by atoms with van der Waals surface area (Å²) >= 11 is 0. The number of nitrogens with one attached hydrogen (secondary N) is 2. The number of hydrogen-bond acceptors (Lipinski definition) is 6. The van der Waals surface area contributed by atoms with Gasteiger partial charge in [0.2, 0.25) is 11.8 Å². The van der Waals surface area contributed by atoms with E-state index in [1.165, 1.54) is 11.1 Å². The van der Waals surface area contributed by atoms with Crippen LogP contribution in [0, 0.1) is 5.92 Å². The Morgan fingerprint density at radius 2 is 1.79 bits per heavy atom. The summed E-state index contributed by atoms with van der Waals surface area (Å²) in [6, 6.07) is 23.6. The quantitative estimate of drug-likeness (QED) is 0.311. The lowest BCUT2D eigenvalue weighted by molar-refractivity contribution is -0.139. The largest absolute Gasteiger partial charge is 0.491 e. The Bertz CT molecular complexity index is 1570. The Balaban J connectivity index is 1.15. The smallest absolute Gasteiger partial charge is 0.243 e. The predicted octanol–water partition coefficient (Wildman–Crippen LogP) is 3.98. The first-order valence-electron chi connectivity index (χ1n) is 15.2. The first-order valence-corrected chi connectivity index (χ1v) is 15.2. The van der Waals surface area contributed by atoms with Crippen molar-refractivity contribution in [2.45, 2.75) is 63.8 Å². The summed E-state index contributed by atoms with van der Waals surface area (Å²) in [5.74, 6) is 1.21. The van der Waals surface area contributed by atoms with Crippen molar-refractivity contribution in [2.24, 2.45) is 13.0 Å². The van der Waals surface area contributed by atoms with E-state index in [4.69, 9.17) is 4.74 Å². The van der Waals surface area contributed by atoms with Gasteiger partial charge in [-0.25, -0.2) is 4.68 Å². The number of ether oxygens (including phenoxy) is 1. The van der Waals surface area contributed by atoms with Gasteiger partial charge in [-0.05, 0) is 85.9 Å². The van der Waals surface area contributed by atoms with Crippen LogP contribution in [-0.2, 0) is 29.6 Å². The molecule has 6 rings (SSSR count). The number of likely N-dealkylation sites (tertiary alicyclic amines) is 1. The molecule has 4 unspecified atom stereocenters. The highest BCUT2D eigenvalue weighted by atomic mass is 16.5. The van der Waals surface area contributed by atoms with Gasteiger partial charge in [-0.15, -0.1) is 5.10 Å². The summed E-state index contributed by atoms with van der Waals surface area (Å²) < 4.78 is 7.53. The molecule has 9 heteroatoms. The molecule has 2 fully saturated rings. The number of rotatable bonds is 9. The average Bonchev–Trinajstić information content (AvgIpc) is 3.76. The first kappa shape index (κ1) is 28.9. The molecule has 0 aliphatic carbocycles. The number of carbonyl (C=O) groups is 2. The van der Waals surface area contributed by atoms with Crippen LogP contribution in [0.1, 0.15) is 49.3 Å². The molecule has 4 aromatic rings. The Hall–Kier alpha value is -4.24. The molecule has 0 saturated carbocycles. The van der Waals surface area contributed by atoms with Crippen LogP contribution in [0.3, 0.4) is 0 Å². The van der Waals surface area contributed by atoms with Gasteiger partial charge >= 0.3 is 0 Å². The van der Waals surface area contributed by atoms with Crippen LogP contribution in [-0.4, -0.2) is 63.0 Å². The molecular weight excluding hydrogens is 540 g/mol. The van der Waals surface area contributed by atoms with Gasteiger partial charge in [0.15, 0.2) is 0 Å². The lowest BCUT2D eigenvalue weighted by Gasteiger charge is -2.27. The number of nitrogens with zero attached hydrogens (tertiary/aromatic N) is 4. The maximum Gasteiger partial charge on any atom is 0.243 e. The molecule has 1 aromatic heterocycles. The van der Waals surface area contributed by atoms with E-state index in [0.717, 1.165) is 41.7 Å². The third kappa shape index (κ3) is 6.57. The second-order valence-electron chi connectivity index (χ2n) is 12.2. The predicted molar refractivity (Wildman–Crippen MR) is 165 cm³/mol. The van der Waals surface area contributed by atoms with E-state index >= 15 is 0 Å². The molecule has 224 valence electrons. The Morgan fingerprint density at radius 3 is 2.56 bits per heavy atom. The maximum absolute atomic E-state index is 14.0. The molecule has 2 amide bonds. The van der Waals surface area contributed by atoms with E-state index in [9.17, 15) is 9.59 Å². The fraction of sp³-hybridized carbons (Fsp3) is 0.412. The van der Waals surface area contributed by atoms with Gasteiger partial charge in [-0.3, -0.25) is 9.59 Å². The van der Waals surface area contributed by atoms with Crippen molar-refractivity contribution in [3.05, 3.63) is 89.5 Å². The number of aromatic nitrogens is 3. The Kier molecular flexibility index (Phi) is 8.42. The van der Waals surface area contributed by atoms with E-state index in [1.54, 1.807) is 4.68 Å². The zero-order valence-electron chi connectivity index (χ0n) is 25.1. The van der Waals surface area contributed by atoms with Gasteiger partial charge in [0, 0.05) is 26.7 Å². The van der Waals surface area contributed by atoms with Crippen molar-refractivity contribution >= 4 is 22.8 Å². The Morgan fingerprint density at radius 1 is 1.02 bits per heavy atom. The number of benzene rings is 3. The van der Waals surface area contributed by atoms with Crippen LogP contribution in [0.4, 0.5) is 0 Å².